The molecular formula is C24H26N4O4S. The second-order valence-corrected chi connectivity index (χ2v) is 8.86. The summed E-state index contributed by atoms with van der Waals surface area (Å²) in [5.41, 5.74) is 1.91. The summed E-state index contributed by atoms with van der Waals surface area (Å²) in [6.07, 6.45) is 1.68. The van der Waals surface area contributed by atoms with Gasteiger partial charge in [-0.05, 0) is 36.1 Å². The van der Waals surface area contributed by atoms with Crippen LogP contribution in [0.15, 0.2) is 48.5 Å². The molecule has 2 atom stereocenters. The van der Waals surface area contributed by atoms with Crippen LogP contribution in [0.1, 0.15) is 32.3 Å². The summed E-state index contributed by atoms with van der Waals surface area (Å²) < 4.78 is 10.7. The van der Waals surface area contributed by atoms with Crippen LogP contribution in [0.2, 0.25) is 0 Å². The van der Waals surface area contributed by atoms with Gasteiger partial charge in [0.15, 0.2) is 11.5 Å². The second-order valence-electron chi connectivity index (χ2n) is 7.89. The molecule has 3 aromatic rings. The molecule has 0 saturated heterocycles. The molecule has 0 bridgehead atoms. The Kier molecular flexibility index (Phi) is 7.19. The number of rotatable bonds is 9. The molecule has 0 fully saturated rings. The molecule has 0 aliphatic carbocycles. The number of benzene rings is 2. The van der Waals surface area contributed by atoms with Crippen LogP contribution in [0.4, 0.5) is 5.13 Å². The van der Waals surface area contributed by atoms with Gasteiger partial charge < -0.3 is 14.8 Å². The van der Waals surface area contributed by atoms with Gasteiger partial charge in [0.1, 0.15) is 11.0 Å². The van der Waals surface area contributed by atoms with Crippen LogP contribution >= 0.6 is 11.3 Å². The van der Waals surface area contributed by atoms with E-state index >= 15 is 0 Å². The molecule has 172 valence electrons. The highest BCUT2D eigenvalue weighted by Crippen LogP contribution is 2.37. The molecular weight excluding hydrogens is 440 g/mol. The lowest BCUT2D eigenvalue weighted by molar-refractivity contribution is -0.127. The Labute approximate surface area is 196 Å². The van der Waals surface area contributed by atoms with Crippen molar-refractivity contribution in [1.82, 2.24) is 15.5 Å². The zero-order chi connectivity index (χ0) is 23.2. The highest BCUT2D eigenvalue weighted by atomic mass is 32.1. The Bertz CT molecular complexity index is 1120. The molecule has 2 amide bonds. The van der Waals surface area contributed by atoms with Gasteiger partial charge in [0.2, 0.25) is 23.7 Å². The van der Waals surface area contributed by atoms with Crippen LogP contribution in [-0.2, 0) is 16.0 Å². The number of amides is 2. The molecule has 2 heterocycles. The average Bonchev–Trinajstić information content (AvgIpc) is 3.50. The van der Waals surface area contributed by atoms with E-state index in [2.05, 4.69) is 20.8 Å². The normalized spacial score (nSPS) is 13.9. The Hall–Kier alpha value is -3.46. The SMILES string of the molecule is CCC(C)C(NC(=O)CCc1ccccc1)C(=O)Nc1nnc(-c2ccc3c(c2)OCO3)s1. The lowest BCUT2D eigenvalue weighted by Gasteiger charge is -2.23. The van der Waals surface area contributed by atoms with Crippen molar-refractivity contribution in [2.24, 2.45) is 5.92 Å². The molecule has 2 N–H and O–H groups in total. The predicted molar refractivity (Wildman–Crippen MR) is 126 cm³/mol. The summed E-state index contributed by atoms with van der Waals surface area (Å²) in [5.74, 6) is 0.856. The number of carbonyl (C=O) groups is 2. The number of nitrogens with one attached hydrogen (secondary N) is 2. The molecule has 2 unspecified atom stereocenters. The number of carbonyl (C=O) groups excluding carboxylic acids is 2. The Morgan fingerprint density at radius 1 is 1.09 bits per heavy atom. The molecule has 8 nitrogen and oxygen atoms in total. The van der Waals surface area contributed by atoms with Crippen LogP contribution < -0.4 is 20.1 Å². The number of aromatic nitrogens is 2. The summed E-state index contributed by atoms with van der Waals surface area (Å²) in [6.45, 7) is 4.13. The molecule has 1 aliphatic rings. The number of fused-ring (bicyclic) bond motifs is 1. The molecule has 1 aliphatic heterocycles. The number of hydrogen-bond donors (Lipinski definition) is 2. The van der Waals surface area contributed by atoms with Gasteiger partial charge in [-0.3, -0.25) is 14.9 Å². The summed E-state index contributed by atoms with van der Waals surface area (Å²) in [5, 5.41) is 15.0. The molecule has 9 heteroatoms. The van der Waals surface area contributed by atoms with E-state index in [4.69, 9.17) is 9.47 Å². The van der Waals surface area contributed by atoms with Crippen molar-refractivity contribution in [2.75, 3.05) is 12.1 Å². The average molecular weight is 467 g/mol. The first-order valence-corrected chi connectivity index (χ1v) is 11.7. The lowest BCUT2D eigenvalue weighted by Crippen LogP contribution is -2.47. The van der Waals surface area contributed by atoms with Crippen LogP contribution in [0.25, 0.3) is 10.6 Å². The van der Waals surface area contributed by atoms with Gasteiger partial charge >= 0.3 is 0 Å². The summed E-state index contributed by atoms with van der Waals surface area (Å²) in [7, 11) is 0. The largest absolute Gasteiger partial charge is 0.454 e. The van der Waals surface area contributed by atoms with E-state index in [-0.39, 0.29) is 24.5 Å². The quantitative estimate of drug-likeness (QED) is 0.494. The monoisotopic (exact) mass is 466 g/mol. The molecule has 0 saturated carbocycles. The first-order valence-electron chi connectivity index (χ1n) is 10.9. The third-order valence-corrected chi connectivity index (χ3v) is 6.46. The highest BCUT2D eigenvalue weighted by Gasteiger charge is 2.27. The van der Waals surface area contributed by atoms with Crippen molar-refractivity contribution in [2.45, 2.75) is 39.2 Å². The van der Waals surface area contributed by atoms with Gasteiger partial charge in [0.25, 0.3) is 0 Å². The number of hydrogen-bond acceptors (Lipinski definition) is 7. The second kappa shape index (κ2) is 10.4. The maximum absolute atomic E-state index is 13.0. The maximum atomic E-state index is 13.0. The van der Waals surface area contributed by atoms with Crippen LogP contribution in [0.5, 0.6) is 11.5 Å². The van der Waals surface area contributed by atoms with E-state index in [9.17, 15) is 9.59 Å². The minimum absolute atomic E-state index is 0.0353. The van der Waals surface area contributed by atoms with Crippen LogP contribution in [0.3, 0.4) is 0 Å². The number of nitrogens with zero attached hydrogens (tertiary/aromatic N) is 2. The Morgan fingerprint density at radius 2 is 1.88 bits per heavy atom. The van der Waals surface area contributed by atoms with Crippen molar-refractivity contribution < 1.29 is 19.1 Å². The van der Waals surface area contributed by atoms with Gasteiger partial charge in [-0.25, -0.2) is 0 Å². The molecule has 0 spiro atoms. The predicted octanol–water partition coefficient (Wildman–Crippen LogP) is 4.04. The van der Waals surface area contributed by atoms with Gasteiger partial charge in [-0.1, -0.05) is 61.9 Å². The summed E-state index contributed by atoms with van der Waals surface area (Å²) in [4.78, 5) is 25.5. The van der Waals surface area contributed by atoms with E-state index in [0.717, 1.165) is 17.5 Å². The Morgan fingerprint density at radius 3 is 2.67 bits per heavy atom. The van der Waals surface area contributed by atoms with Crippen molar-refractivity contribution in [1.29, 1.82) is 0 Å². The molecule has 0 radical (unpaired) electrons. The van der Waals surface area contributed by atoms with Crippen molar-refractivity contribution in [3.8, 4) is 22.1 Å². The number of ether oxygens (including phenoxy) is 2. The molecule has 2 aromatic carbocycles. The molecule has 1 aromatic heterocycles. The third kappa shape index (κ3) is 5.67. The first-order chi connectivity index (χ1) is 16.0. The van der Waals surface area contributed by atoms with Gasteiger partial charge in [0, 0.05) is 12.0 Å². The smallest absolute Gasteiger partial charge is 0.249 e. The van der Waals surface area contributed by atoms with Crippen molar-refractivity contribution >= 4 is 28.3 Å². The van der Waals surface area contributed by atoms with Crippen LogP contribution in [-0.4, -0.2) is 34.8 Å². The van der Waals surface area contributed by atoms with Gasteiger partial charge in [-0.15, -0.1) is 10.2 Å². The first kappa shape index (κ1) is 22.7. The highest BCUT2D eigenvalue weighted by molar-refractivity contribution is 7.18. The fraction of sp³-hybridized carbons (Fsp3) is 0.333. The Balaban J connectivity index is 1.38. The lowest BCUT2D eigenvalue weighted by atomic mass is 9.98. The van der Waals surface area contributed by atoms with Crippen molar-refractivity contribution in [3.05, 3.63) is 54.1 Å². The van der Waals surface area contributed by atoms with Crippen molar-refractivity contribution in [3.63, 3.8) is 0 Å². The summed E-state index contributed by atoms with van der Waals surface area (Å²) >= 11 is 1.26. The van der Waals surface area contributed by atoms with Gasteiger partial charge in [-0.2, -0.15) is 0 Å². The zero-order valence-electron chi connectivity index (χ0n) is 18.5. The summed E-state index contributed by atoms with van der Waals surface area (Å²) in [6, 6.07) is 14.7. The fourth-order valence-corrected chi connectivity index (χ4v) is 4.20. The molecule has 4 rings (SSSR count). The van der Waals surface area contributed by atoms with Gasteiger partial charge in [0.05, 0.1) is 0 Å². The van der Waals surface area contributed by atoms with E-state index in [0.29, 0.717) is 34.5 Å². The minimum Gasteiger partial charge on any atom is -0.454 e. The van der Waals surface area contributed by atoms with E-state index in [1.54, 1.807) is 0 Å². The number of aryl methyl sites for hydroxylation is 1. The topological polar surface area (TPSA) is 102 Å². The number of anilines is 1. The minimum atomic E-state index is -0.656. The van der Waals surface area contributed by atoms with E-state index in [1.165, 1.54) is 11.3 Å². The maximum Gasteiger partial charge on any atom is 0.249 e. The third-order valence-electron chi connectivity index (χ3n) is 5.57. The van der Waals surface area contributed by atoms with E-state index < -0.39 is 6.04 Å². The zero-order valence-corrected chi connectivity index (χ0v) is 19.4. The van der Waals surface area contributed by atoms with E-state index in [1.807, 2.05) is 62.4 Å². The molecule has 33 heavy (non-hydrogen) atoms. The van der Waals surface area contributed by atoms with Crippen LogP contribution in [0, 0.1) is 5.92 Å². The standard InChI is InChI=1S/C24H26N4O4S/c1-3-15(2)21(25-20(29)12-9-16-7-5-4-6-8-16)22(30)26-24-28-27-23(33-24)17-10-11-18-19(13-17)32-14-31-18/h4-8,10-11,13,15,21H,3,9,12,14H2,1-2H3,(H,25,29)(H,26,28,30). The fourth-order valence-electron chi connectivity index (χ4n) is 3.45.